The van der Waals surface area contributed by atoms with Gasteiger partial charge in [-0.25, -0.2) is 4.39 Å². The van der Waals surface area contributed by atoms with Crippen molar-refractivity contribution in [3.05, 3.63) is 56.5 Å². The molecule has 108 valence electrons. The third kappa shape index (κ3) is 4.05. The summed E-state index contributed by atoms with van der Waals surface area (Å²) in [6, 6.07) is 5.72. The third-order valence-corrected chi connectivity index (χ3v) is 3.81. The zero-order valence-electron chi connectivity index (χ0n) is 11.0. The van der Waals surface area contributed by atoms with E-state index < -0.39 is 11.7 Å². The molecule has 0 spiro atoms. The molecule has 3 N–H and O–H groups in total. The van der Waals surface area contributed by atoms with Gasteiger partial charge in [0.1, 0.15) is 5.82 Å². The Kier molecular flexibility index (Phi) is 5.34. The summed E-state index contributed by atoms with van der Waals surface area (Å²) in [5, 5.41) is 4.85. The van der Waals surface area contributed by atoms with Gasteiger partial charge in [0.15, 0.2) is 0 Å². The lowest BCUT2D eigenvalue weighted by molar-refractivity contribution is 0.0947. The Morgan fingerprint density at radius 2 is 2.24 bits per heavy atom. The second kappa shape index (κ2) is 7.23. The lowest BCUT2D eigenvalue weighted by Gasteiger charge is -2.06. The molecule has 0 fully saturated rings. The summed E-state index contributed by atoms with van der Waals surface area (Å²) in [6.45, 7) is 0.548. The molecule has 0 radical (unpaired) electrons. The van der Waals surface area contributed by atoms with Crippen LogP contribution in [0.25, 0.3) is 0 Å². The van der Waals surface area contributed by atoms with Gasteiger partial charge in [-0.1, -0.05) is 23.4 Å². The van der Waals surface area contributed by atoms with Crippen molar-refractivity contribution in [1.82, 2.24) is 5.32 Å². The average molecular weight is 323 g/mol. The quantitative estimate of drug-likeness (QED) is 0.854. The van der Waals surface area contributed by atoms with Crippen LogP contribution in [0.4, 0.5) is 4.39 Å². The number of thiophene rings is 1. The Balaban J connectivity index is 2.08. The van der Waals surface area contributed by atoms with E-state index >= 15 is 0 Å². The maximum atomic E-state index is 13.6. The second-order valence-electron chi connectivity index (χ2n) is 4.07. The van der Waals surface area contributed by atoms with Gasteiger partial charge in [0.2, 0.25) is 0 Å². The van der Waals surface area contributed by atoms with Crippen LogP contribution < -0.4 is 11.1 Å². The van der Waals surface area contributed by atoms with Crippen LogP contribution >= 0.6 is 22.9 Å². The highest BCUT2D eigenvalue weighted by Gasteiger charge is 2.13. The SMILES string of the molecule is NCC#Cc1ccsc1CNC(=O)c1cc(Cl)ccc1F. The summed E-state index contributed by atoms with van der Waals surface area (Å²) in [5.41, 5.74) is 6.07. The van der Waals surface area contributed by atoms with Gasteiger partial charge in [-0.2, -0.15) is 0 Å². The number of nitrogens with one attached hydrogen (secondary N) is 1. The second-order valence-corrected chi connectivity index (χ2v) is 5.51. The van der Waals surface area contributed by atoms with E-state index in [0.29, 0.717) is 5.02 Å². The van der Waals surface area contributed by atoms with Crippen molar-refractivity contribution in [1.29, 1.82) is 0 Å². The summed E-state index contributed by atoms with van der Waals surface area (Å²) in [6.07, 6.45) is 0. The summed E-state index contributed by atoms with van der Waals surface area (Å²) < 4.78 is 13.6. The summed E-state index contributed by atoms with van der Waals surface area (Å²) in [5.74, 6) is 4.57. The molecule has 2 rings (SSSR count). The molecule has 1 amide bonds. The minimum atomic E-state index is -0.605. The molecule has 0 unspecified atom stereocenters. The summed E-state index contributed by atoms with van der Waals surface area (Å²) in [7, 11) is 0. The normalized spacial score (nSPS) is 9.86. The smallest absolute Gasteiger partial charge is 0.254 e. The highest BCUT2D eigenvalue weighted by atomic mass is 35.5. The van der Waals surface area contributed by atoms with Crippen molar-refractivity contribution in [3.63, 3.8) is 0 Å². The predicted octanol–water partition coefficient (Wildman–Crippen LogP) is 2.78. The molecule has 0 aliphatic rings. The van der Waals surface area contributed by atoms with Gasteiger partial charge >= 0.3 is 0 Å². The largest absolute Gasteiger partial charge is 0.347 e. The number of benzene rings is 1. The van der Waals surface area contributed by atoms with E-state index in [1.54, 1.807) is 0 Å². The number of rotatable bonds is 3. The molecule has 1 heterocycles. The maximum absolute atomic E-state index is 13.6. The molecule has 1 aromatic carbocycles. The number of carbonyl (C=O) groups excluding carboxylic acids is 1. The van der Waals surface area contributed by atoms with E-state index in [9.17, 15) is 9.18 Å². The lowest BCUT2D eigenvalue weighted by Crippen LogP contribution is -2.23. The highest BCUT2D eigenvalue weighted by Crippen LogP contribution is 2.17. The average Bonchev–Trinajstić information content (AvgIpc) is 2.92. The minimum absolute atomic E-state index is 0.0753. The van der Waals surface area contributed by atoms with Crippen molar-refractivity contribution >= 4 is 28.8 Å². The standard InChI is InChI=1S/C15H12ClFN2OS/c16-11-3-4-13(17)12(8-11)15(20)19-9-14-10(2-1-6-18)5-7-21-14/h3-5,7-8H,6,9,18H2,(H,19,20). The van der Waals surface area contributed by atoms with Crippen molar-refractivity contribution in [3.8, 4) is 11.8 Å². The van der Waals surface area contributed by atoms with Gasteiger partial charge in [0, 0.05) is 15.5 Å². The fourth-order valence-corrected chi connectivity index (χ4v) is 2.60. The van der Waals surface area contributed by atoms with Gasteiger partial charge in [-0.15, -0.1) is 11.3 Å². The van der Waals surface area contributed by atoms with Gasteiger partial charge in [0.05, 0.1) is 18.7 Å². The van der Waals surface area contributed by atoms with Gasteiger partial charge in [-0.05, 0) is 29.6 Å². The molecule has 0 atom stereocenters. The molecule has 0 aliphatic heterocycles. The Hall–Kier alpha value is -1.87. The van der Waals surface area contributed by atoms with Gasteiger partial charge in [-0.3, -0.25) is 4.79 Å². The number of amides is 1. The topological polar surface area (TPSA) is 55.1 Å². The number of nitrogens with two attached hydrogens (primary N) is 1. The van der Waals surface area contributed by atoms with Crippen LogP contribution in [-0.4, -0.2) is 12.5 Å². The molecule has 21 heavy (non-hydrogen) atoms. The Morgan fingerprint density at radius 3 is 3.00 bits per heavy atom. The van der Waals surface area contributed by atoms with E-state index in [1.807, 2.05) is 11.4 Å². The molecule has 1 aromatic heterocycles. The van der Waals surface area contributed by atoms with Crippen LogP contribution in [0.3, 0.4) is 0 Å². The van der Waals surface area contributed by atoms with E-state index in [1.165, 1.54) is 29.5 Å². The molecule has 6 heteroatoms. The first kappa shape index (κ1) is 15.5. The van der Waals surface area contributed by atoms with E-state index in [2.05, 4.69) is 17.2 Å². The highest BCUT2D eigenvalue weighted by molar-refractivity contribution is 7.10. The fourth-order valence-electron chi connectivity index (χ4n) is 1.66. The molecule has 2 aromatic rings. The molecule has 0 saturated heterocycles. The first-order valence-electron chi connectivity index (χ1n) is 6.10. The first-order chi connectivity index (χ1) is 10.1. The lowest BCUT2D eigenvalue weighted by atomic mass is 10.2. The van der Waals surface area contributed by atoms with Crippen LogP contribution in [0.2, 0.25) is 5.02 Å². The summed E-state index contributed by atoms with van der Waals surface area (Å²) in [4.78, 5) is 12.9. The molecule has 0 bridgehead atoms. The minimum Gasteiger partial charge on any atom is -0.347 e. The van der Waals surface area contributed by atoms with Crippen LogP contribution in [0.1, 0.15) is 20.8 Å². The Morgan fingerprint density at radius 1 is 1.43 bits per heavy atom. The van der Waals surface area contributed by atoms with Crippen LogP contribution in [-0.2, 0) is 6.54 Å². The monoisotopic (exact) mass is 322 g/mol. The van der Waals surface area contributed by atoms with Crippen molar-refractivity contribution in [2.75, 3.05) is 6.54 Å². The number of hydrogen-bond acceptors (Lipinski definition) is 3. The van der Waals surface area contributed by atoms with E-state index in [0.717, 1.165) is 10.4 Å². The Labute approximate surface area is 130 Å². The predicted molar refractivity (Wildman–Crippen MR) is 82.8 cm³/mol. The third-order valence-electron chi connectivity index (χ3n) is 2.65. The van der Waals surface area contributed by atoms with Gasteiger partial charge < -0.3 is 11.1 Å². The van der Waals surface area contributed by atoms with Crippen molar-refractivity contribution in [2.24, 2.45) is 5.73 Å². The van der Waals surface area contributed by atoms with Crippen molar-refractivity contribution in [2.45, 2.75) is 6.54 Å². The number of hydrogen-bond donors (Lipinski definition) is 2. The Bertz CT molecular complexity index is 718. The van der Waals surface area contributed by atoms with Crippen LogP contribution in [0, 0.1) is 17.7 Å². The zero-order chi connectivity index (χ0) is 15.2. The van der Waals surface area contributed by atoms with Crippen LogP contribution in [0.15, 0.2) is 29.6 Å². The zero-order valence-corrected chi connectivity index (χ0v) is 12.5. The van der Waals surface area contributed by atoms with Gasteiger partial charge in [0.25, 0.3) is 5.91 Å². The maximum Gasteiger partial charge on any atom is 0.254 e. The molecular formula is C15H12ClFN2OS. The number of carbonyl (C=O) groups is 1. The summed E-state index contributed by atoms with van der Waals surface area (Å²) >= 11 is 7.23. The number of halogens is 2. The van der Waals surface area contributed by atoms with Crippen molar-refractivity contribution < 1.29 is 9.18 Å². The van der Waals surface area contributed by atoms with E-state index in [4.69, 9.17) is 17.3 Å². The molecular weight excluding hydrogens is 311 g/mol. The molecule has 0 aliphatic carbocycles. The first-order valence-corrected chi connectivity index (χ1v) is 7.36. The van der Waals surface area contributed by atoms with E-state index in [-0.39, 0.29) is 18.7 Å². The molecule has 0 saturated carbocycles. The molecule has 3 nitrogen and oxygen atoms in total. The van der Waals surface area contributed by atoms with Crippen LogP contribution in [0.5, 0.6) is 0 Å². The fraction of sp³-hybridized carbons (Fsp3) is 0.133.